The molecule has 2 amide bonds. The maximum Gasteiger partial charge on any atom is 0.321 e. The van der Waals surface area contributed by atoms with E-state index in [1.165, 1.54) is 11.0 Å². The zero-order valence-corrected chi connectivity index (χ0v) is 13.0. The Kier molecular flexibility index (Phi) is 7.04. The number of anilines is 1. The molecule has 0 bridgehead atoms. The number of alkyl halides is 2. The summed E-state index contributed by atoms with van der Waals surface area (Å²) in [7, 11) is 1.61. The Balaban J connectivity index is 2.64. The Morgan fingerprint density at radius 3 is 2.73 bits per heavy atom. The zero-order chi connectivity index (χ0) is 16.7. The number of urea groups is 1. The first-order valence-corrected chi connectivity index (χ1v) is 7.01. The minimum atomic E-state index is -2.55. The van der Waals surface area contributed by atoms with Gasteiger partial charge >= 0.3 is 6.03 Å². The summed E-state index contributed by atoms with van der Waals surface area (Å²) in [5, 5.41) is 11.9. The van der Waals surface area contributed by atoms with Crippen LogP contribution in [0.25, 0.3) is 0 Å². The molecule has 0 aliphatic rings. The van der Waals surface area contributed by atoms with Crippen LogP contribution in [-0.4, -0.2) is 48.8 Å². The average Bonchev–Trinajstić information content (AvgIpc) is 2.44. The maximum atomic E-state index is 12.2. The molecular formula is C15H22F2N2O3. The summed E-state index contributed by atoms with van der Waals surface area (Å²) in [6, 6.07) is 4.53. The smallest absolute Gasteiger partial charge is 0.321 e. The van der Waals surface area contributed by atoms with E-state index in [0.29, 0.717) is 30.0 Å². The summed E-state index contributed by atoms with van der Waals surface area (Å²) in [6.07, 6.45) is -2.56. The van der Waals surface area contributed by atoms with Gasteiger partial charge in [-0.15, -0.1) is 0 Å². The lowest BCUT2D eigenvalue weighted by molar-refractivity contribution is 0.0816. The van der Waals surface area contributed by atoms with Crippen molar-refractivity contribution in [2.45, 2.75) is 32.8 Å². The van der Waals surface area contributed by atoms with Gasteiger partial charge in [0.05, 0.1) is 6.10 Å². The molecule has 1 aromatic carbocycles. The summed E-state index contributed by atoms with van der Waals surface area (Å²) in [4.78, 5) is 13.4. The second-order valence-electron chi connectivity index (χ2n) is 5.17. The number of hydrogen-bond donors (Lipinski definition) is 2. The molecule has 0 heterocycles. The first kappa shape index (κ1) is 18.2. The number of nitrogens with zero attached hydrogens (tertiary/aromatic N) is 1. The molecule has 2 N–H and O–H groups in total. The summed E-state index contributed by atoms with van der Waals surface area (Å²) >= 11 is 0. The molecule has 124 valence electrons. The van der Waals surface area contributed by atoms with E-state index in [0.717, 1.165) is 0 Å². The van der Waals surface area contributed by atoms with E-state index >= 15 is 0 Å². The van der Waals surface area contributed by atoms with E-state index in [2.05, 4.69) is 5.32 Å². The highest BCUT2D eigenvalue weighted by atomic mass is 19.3. The lowest BCUT2D eigenvalue weighted by Gasteiger charge is -2.19. The number of aliphatic hydroxyl groups is 1. The standard InChI is InChI=1S/C15H22F2N2O3/c1-10-4-5-12(8-13(10)22-9-14(16)17)18-15(21)19(3)7-6-11(2)20/h4-5,8,11,14,20H,6-7,9H2,1-3H3,(H,18,21). The molecule has 22 heavy (non-hydrogen) atoms. The fourth-order valence-corrected chi connectivity index (χ4v) is 1.69. The molecule has 0 aliphatic carbocycles. The van der Waals surface area contributed by atoms with Gasteiger partial charge in [-0.25, -0.2) is 13.6 Å². The van der Waals surface area contributed by atoms with Crippen LogP contribution in [0.5, 0.6) is 5.75 Å². The molecule has 1 unspecified atom stereocenters. The molecule has 0 saturated heterocycles. The van der Waals surface area contributed by atoms with Crippen molar-refractivity contribution in [1.82, 2.24) is 4.90 Å². The molecule has 1 rings (SSSR count). The number of hydrogen-bond acceptors (Lipinski definition) is 3. The number of ether oxygens (including phenoxy) is 1. The third-order valence-corrected chi connectivity index (χ3v) is 3.03. The van der Waals surface area contributed by atoms with Crippen LogP contribution in [0.1, 0.15) is 18.9 Å². The molecule has 1 atom stereocenters. The number of halogens is 2. The van der Waals surface area contributed by atoms with Gasteiger partial charge in [-0.1, -0.05) is 6.07 Å². The van der Waals surface area contributed by atoms with E-state index in [-0.39, 0.29) is 6.03 Å². The number of benzene rings is 1. The van der Waals surface area contributed by atoms with E-state index in [1.54, 1.807) is 33.0 Å². The average molecular weight is 316 g/mol. The molecule has 0 aliphatic heterocycles. The second kappa shape index (κ2) is 8.53. The van der Waals surface area contributed by atoms with Crippen LogP contribution in [0.15, 0.2) is 18.2 Å². The Labute approximate surface area is 128 Å². The SMILES string of the molecule is Cc1ccc(NC(=O)N(C)CCC(C)O)cc1OCC(F)F. The van der Waals surface area contributed by atoms with Gasteiger partial charge in [-0.05, 0) is 31.9 Å². The van der Waals surface area contributed by atoms with Gasteiger partial charge in [-0.3, -0.25) is 0 Å². The van der Waals surface area contributed by atoms with E-state index in [4.69, 9.17) is 4.74 Å². The molecule has 0 saturated carbocycles. The second-order valence-corrected chi connectivity index (χ2v) is 5.17. The van der Waals surface area contributed by atoms with Crippen molar-refractivity contribution in [2.75, 3.05) is 25.5 Å². The Bertz CT molecular complexity index is 496. The van der Waals surface area contributed by atoms with Crippen LogP contribution in [0.3, 0.4) is 0 Å². The number of rotatable bonds is 7. The minimum Gasteiger partial charge on any atom is -0.487 e. The van der Waals surface area contributed by atoms with Gasteiger partial charge in [0, 0.05) is 25.3 Å². The predicted octanol–water partition coefficient (Wildman–Crippen LogP) is 2.87. The van der Waals surface area contributed by atoms with Crippen LogP contribution in [-0.2, 0) is 0 Å². The monoisotopic (exact) mass is 316 g/mol. The van der Waals surface area contributed by atoms with Crippen molar-refractivity contribution >= 4 is 11.7 Å². The van der Waals surface area contributed by atoms with Crippen LogP contribution in [0.4, 0.5) is 19.3 Å². The topological polar surface area (TPSA) is 61.8 Å². The molecule has 1 aromatic rings. The van der Waals surface area contributed by atoms with Crippen LogP contribution >= 0.6 is 0 Å². The molecule has 7 heteroatoms. The Morgan fingerprint density at radius 2 is 2.14 bits per heavy atom. The summed E-state index contributed by atoms with van der Waals surface area (Å²) < 4.78 is 29.4. The number of aryl methyl sites for hydroxylation is 1. The number of aliphatic hydroxyl groups excluding tert-OH is 1. The summed E-state index contributed by atoms with van der Waals surface area (Å²) in [5.41, 5.74) is 1.17. The van der Waals surface area contributed by atoms with Crippen molar-refractivity contribution in [3.8, 4) is 5.75 Å². The molecule has 0 radical (unpaired) electrons. The molecular weight excluding hydrogens is 294 g/mol. The highest BCUT2D eigenvalue weighted by Crippen LogP contribution is 2.23. The Morgan fingerprint density at radius 1 is 1.45 bits per heavy atom. The van der Waals surface area contributed by atoms with Gasteiger partial charge in [0.25, 0.3) is 6.43 Å². The predicted molar refractivity (Wildman–Crippen MR) is 80.6 cm³/mol. The lowest BCUT2D eigenvalue weighted by atomic mass is 10.2. The summed E-state index contributed by atoms with van der Waals surface area (Å²) in [6.45, 7) is 3.11. The third kappa shape index (κ3) is 6.26. The first-order chi connectivity index (χ1) is 10.3. The molecule has 5 nitrogen and oxygen atoms in total. The van der Waals surface area contributed by atoms with E-state index < -0.39 is 19.1 Å². The minimum absolute atomic E-state index is 0.310. The van der Waals surface area contributed by atoms with Gasteiger partial charge in [0.15, 0.2) is 0 Å². The largest absolute Gasteiger partial charge is 0.487 e. The van der Waals surface area contributed by atoms with E-state index in [1.807, 2.05) is 0 Å². The van der Waals surface area contributed by atoms with Gasteiger partial charge in [0.1, 0.15) is 12.4 Å². The molecule has 0 spiro atoms. The van der Waals surface area contributed by atoms with Crippen molar-refractivity contribution in [1.29, 1.82) is 0 Å². The lowest BCUT2D eigenvalue weighted by Crippen LogP contribution is -2.33. The number of carbonyl (C=O) groups is 1. The third-order valence-electron chi connectivity index (χ3n) is 3.03. The number of amides is 2. The van der Waals surface area contributed by atoms with Crippen molar-refractivity contribution in [2.24, 2.45) is 0 Å². The number of carbonyl (C=O) groups excluding carboxylic acids is 1. The Hall–Kier alpha value is -1.89. The molecule has 0 fully saturated rings. The maximum absolute atomic E-state index is 12.2. The highest BCUT2D eigenvalue weighted by Gasteiger charge is 2.11. The van der Waals surface area contributed by atoms with Gasteiger partial charge in [0.2, 0.25) is 0 Å². The van der Waals surface area contributed by atoms with Crippen LogP contribution < -0.4 is 10.1 Å². The zero-order valence-electron chi connectivity index (χ0n) is 13.0. The van der Waals surface area contributed by atoms with Gasteiger partial charge in [-0.2, -0.15) is 0 Å². The quantitative estimate of drug-likeness (QED) is 0.813. The highest BCUT2D eigenvalue weighted by molar-refractivity contribution is 5.89. The fraction of sp³-hybridized carbons (Fsp3) is 0.533. The van der Waals surface area contributed by atoms with Crippen molar-refractivity contribution in [3.05, 3.63) is 23.8 Å². The van der Waals surface area contributed by atoms with E-state index in [9.17, 15) is 18.7 Å². The molecule has 0 aromatic heterocycles. The van der Waals surface area contributed by atoms with Crippen LogP contribution in [0, 0.1) is 6.92 Å². The fourth-order valence-electron chi connectivity index (χ4n) is 1.69. The summed E-state index contributed by atoms with van der Waals surface area (Å²) in [5.74, 6) is 0.310. The van der Waals surface area contributed by atoms with Crippen molar-refractivity contribution in [3.63, 3.8) is 0 Å². The van der Waals surface area contributed by atoms with Crippen LogP contribution in [0.2, 0.25) is 0 Å². The van der Waals surface area contributed by atoms with Gasteiger partial charge < -0.3 is 20.1 Å². The first-order valence-electron chi connectivity index (χ1n) is 7.01. The van der Waals surface area contributed by atoms with Crippen molar-refractivity contribution < 1.29 is 23.4 Å². The number of nitrogens with one attached hydrogen (secondary N) is 1. The normalized spacial score (nSPS) is 12.1.